The molecule has 0 radical (unpaired) electrons. The second-order valence-electron chi connectivity index (χ2n) is 3.04. The molecule has 1 aromatic heterocycles. The second kappa shape index (κ2) is 3.45. The van der Waals surface area contributed by atoms with E-state index in [1.807, 2.05) is 0 Å². The van der Waals surface area contributed by atoms with Gasteiger partial charge in [-0.15, -0.1) is 0 Å². The molecule has 0 saturated carbocycles. The highest BCUT2D eigenvalue weighted by atomic mass is 16.4. The van der Waals surface area contributed by atoms with Gasteiger partial charge >= 0.3 is 7.12 Å². The van der Waals surface area contributed by atoms with E-state index < -0.39 is 7.12 Å². The van der Waals surface area contributed by atoms with Crippen LogP contribution >= 0.6 is 0 Å². The minimum Gasteiger partial charge on any atom is -0.459 e. The summed E-state index contributed by atoms with van der Waals surface area (Å²) in [5.74, 6) is 0.463. The highest BCUT2D eigenvalue weighted by molar-refractivity contribution is 6.58. The standard InChI is InChI=1S/C9H9BO4/c11-5-8-4-6-3-7(10(12)13)1-2-9(6)14-8/h1-4,11-13H,5H2. The minimum atomic E-state index is -1.48. The first-order chi connectivity index (χ1) is 6.70. The highest BCUT2D eigenvalue weighted by Crippen LogP contribution is 2.17. The number of hydrogen-bond acceptors (Lipinski definition) is 4. The number of benzene rings is 1. The van der Waals surface area contributed by atoms with Gasteiger partial charge in [-0.05, 0) is 17.6 Å². The van der Waals surface area contributed by atoms with E-state index in [-0.39, 0.29) is 6.61 Å². The molecule has 0 atom stereocenters. The van der Waals surface area contributed by atoms with Gasteiger partial charge < -0.3 is 19.6 Å². The smallest absolute Gasteiger partial charge is 0.459 e. The summed E-state index contributed by atoms with van der Waals surface area (Å²) in [4.78, 5) is 0. The van der Waals surface area contributed by atoms with E-state index in [1.54, 1.807) is 24.3 Å². The quantitative estimate of drug-likeness (QED) is 0.566. The molecule has 1 heterocycles. The molecule has 0 fully saturated rings. The van der Waals surface area contributed by atoms with Crippen molar-refractivity contribution >= 4 is 23.6 Å². The van der Waals surface area contributed by atoms with Crippen LogP contribution in [0.25, 0.3) is 11.0 Å². The summed E-state index contributed by atoms with van der Waals surface area (Å²) in [5.41, 5.74) is 1.03. The Morgan fingerprint density at radius 2 is 2.00 bits per heavy atom. The van der Waals surface area contributed by atoms with E-state index in [1.165, 1.54) is 0 Å². The molecule has 14 heavy (non-hydrogen) atoms. The van der Waals surface area contributed by atoms with Crippen molar-refractivity contribution < 1.29 is 19.6 Å². The van der Waals surface area contributed by atoms with E-state index in [9.17, 15) is 0 Å². The van der Waals surface area contributed by atoms with Crippen molar-refractivity contribution in [2.45, 2.75) is 6.61 Å². The van der Waals surface area contributed by atoms with E-state index in [0.29, 0.717) is 16.8 Å². The molecule has 0 amide bonds. The van der Waals surface area contributed by atoms with Gasteiger partial charge in [-0.2, -0.15) is 0 Å². The molecule has 3 N–H and O–H groups in total. The Balaban J connectivity index is 2.54. The van der Waals surface area contributed by atoms with Crippen LogP contribution in [-0.4, -0.2) is 22.3 Å². The molecule has 0 aliphatic heterocycles. The number of rotatable bonds is 2. The third kappa shape index (κ3) is 1.53. The second-order valence-corrected chi connectivity index (χ2v) is 3.04. The Hall–Kier alpha value is -1.30. The summed E-state index contributed by atoms with van der Waals surface area (Å²) < 4.78 is 5.24. The monoisotopic (exact) mass is 192 g/mol. The largest absolute Gasteiger partial charge is 0.488 e. The zero-order valence-corrected chi connectivity index (χ0v) is 7.34. The molecule has 0 aliphatic carbocycles. The number of aliphatic hydroxyl groups excluding tert-OH is 1. The van der Waals surface area contributed by atoms with Gasteiger partial charge in [0.25, 0.3) is 0 Å². The molecule has 4 nitrogen and oxygen atoms in total. The van der Waals surface area contributed by atoms with Gasteiger partial charge in [-0.25, -0.2) is 0 Å². The third-order valence-corrected chi connectivity index (χ3v) is 2.05. The third-order valence-electron chi connectivity index (χ3n) is 2.05. The molecule has 1 aromatic carbocycles. The SMILES string of the molecule is OCc1cc2cc(B(O)O)ccc2o1. The predicted octanol–water partition coefficient (Wildman–Crippen LogP) is -0.395. The Bertz CT molecular complexity index is 449. The lowest BCUT2D eigenvalue weighted by atomic mass is 9.80. The summed E-state index contributed by atoms with van der Waals surface area (Å²) in [6.45, 7) is -0.161. The van der Waals surface area contributed by atoms with Crippen LogP contribution < -0.4 is 5.46 Å². The van der Waals surface area contributed by atoms with Crippen molar-refractivity contribution in [2.24, 2.45) is 0 Å². The zero-order chi connectivity index (χ0) is 10.1. The zero-order valence-electron chi connectivity index (χ0n) is 7.34. The molecule has 0 bridgehead atoms. The van der Waals surface area contributed by atoms with Gasteiger partial charge in [0.1, 0.15) is 18.0 Å². The Labute approximate surface area is 80.5 Å². The van der Waals surface area contributed by atoms with Crippen LogP contribution in [0.4, 0.5) is 0 Å². The molecule has 72 valence electrons. The maximum Gasteiger partial charge on any atom is 0.488 e. The molecule has 2 aromatic rings. The van der Waals surface area contributed by atoms with E-state index in [2.05, 4.69) is 0 Å². The van der Waals surface area contributed by atoms with Gasteiger partial charge in [0.2, 0.25) is 0 Å². The van der Waals surface area contributed by atoms with Crippen molar-refractivity contribution in [3.63, 3.8) is 0 Å². The van der Waals surface area contributed by atoms with Crippen LogP contribution in [0.1, 0.15) is 5.76 Å². The fourth-order valence-corrected chi connectivity index (χ4v) is 1.36. The van der Waals surface area contributed by atoms with Crippen molar-refractivity contribution in [3.8, 4) is 0 Å². The Kier molecular flexibility index (Phi) is 2.29. The van der Waals surface area contributed by atoms with Gasteiger partial charge in [-0.1, -0.05) is 12.1 Å². The fraction of sp³-hybridized carbons (Fsp3) is 0.111. The van der Waals surface area contributed by atoms with Crippen molar-refractivity contribution in [1.29, 1.82) is 0 Å². The average Bonchev–Trinajstić information content (AvgIpc) is 2.58. The summed E-state index contributed by atoms with van der Waals surface area (Å²) in [5, 5.41) is 27.4. The van der Waals surface area contributed by atoms with Crippen LogP contribution in [0.5, 0.6) is 0 Å². The van der Waals surface area contributed by atoms with Gasteiger partial charge in [-0.3, -0.25) is 0 Å². The van der Waals surface area contributed by atoms with Crippen LogP contribution in [0.2, 0.25) is 0 Å². The lowest BCUT2D eigenvalue weighted by Crippen LogP contribution is -2.29. The molecular weight excluding hydrogens is 183 g/mol. The normalized spacial score (nSPS) is 10.8. The molecule has 0 unspecified atom stereocenters. The first kappa shape index (κ1) is 9.27. The lowest BCUT2D eigenvalue weighted by molar-refractivity contribution is 0.251. The van der Waals surface area contributed by atoms with E-state index in [0.717, 1.165) is 5.39 Å². The molecule has 0 saturated heterocycles. The molecule has 2 rings (SSSR count). The summed E-state index contributed by atoms with van der Waals surface area (Å²) in [6, 6.07) is 6.49. The van der Waals surface area contributed by atoms with Gasteiger partial charge in [0.05, 0.1) is 0 Å². The summed E-state index contributed by atoms with van der Waals surface area (Å²) >= 11 is 0. The topological polar surface area (TPSA) is 73.8 Å². The van der Waals surface area contributed by atoms with Crippen LogP contribution in [-0.2, 0) is 6.61 Å². The van der Waals surface area contributed by atoms with Crippen molar-refractivity contribution in [2.75, 3.05) is 0 Å². The van der Waals surface area contributed by atoms with Crippen molar-refractivity contribution in [1.82, 2.24) is 0 Å². The number of fused-ring (bicyclic) bond motifs is 1. The van der Waals surface area contributed by atoms with Crippen molar-refractivity contribution in [3.05, 3.63) is 30.0 Å². The Morgan fingerprint density at radius 3 is 2.64 bits per heavy atom. The molecular formula is C9H9BO4. The average molecular weight is 192 g/mol. The maximum absolute atomic E-state index is 8.92. The predicted molar refractivity (Wildman–Crippen MR) is 52.0 cm³/mol. The first-order valence-electron chi connectivity index (χ1n) is 4.20. The number of furan rings is 1. The first-order valence-corrected chi connectivity index (χ1v) is 4.20. The van der Waals surface area contributed by atoms with Crippen LogP contribution in [0.15, 0.2) is 28.7 Å². The van der Waals surface area contributed by atoms with E-state index in [4.69, 9.17) is 19.6 Å². The fourth-order valence-electron chi connectivity index (χ4n) is 1.36. The number of hydrogen-bond donors (Lipinski definition) is 3. The minimum absolute atomic E-state index is 0.161. The van der Waals surface area contributed by atoms with E-state index >= 15 is 0 Å². The molecule has 0 aliphatic rings. The Morgan fingerprint density at radius 1 is 1.21 bits per heavy atom. The van der Waals surface area contributed by atoms with Gasteiger partial charge in [0, 0.05) is 5.39 Å². The van der Waals surface area contributed by atoms with Gasteiger partial charge in [0.15, 0.2) is 0 Å². The number of aliphatic hydroxyl groups is 1. The van der Waals surface area contributed by atoms with Crippen LogP contribution in [0.3, 0.4) is 0 Å². The molecule has 5 heteroatoms. The lowest BCUT2D eigenvalue weighted by Gasteiger charge is -1.97. The summed E-state index contributed by atoms with van der Waals surface area (Å²) in [7, 11) is -1.48. The maximum atomic E-state index is 8.92. The highest BCUT2D eigenvalue weighted by Gasteiger charge is 2.12. The van der Waals surface area contributed by atoms with Crippen LogP contribution in [0, 0.1) is 0 Å². The molecule has 0 spiro atoms. The summed E-state index contributed by atoms with van der Waals surface area (Å²) in [6.07, 6.45) is 0.